The van der Waals surface area contributed by atoms with E-state index >= 15 is 0 Å². The van der Waals surface area contributed by atoms with Crippen molar-refractivity contribution in [2.24, 2.45) is 0 Å². The summed E-state index contributed by atoms with van der Waals surface area (Å²) in [6, 6.07) is 3.84. The van der Waals surface area contributed by atoms with Gasteiger partial charge >= 0.3 is 0 Å². The highest BCUT2D eigenvalue weighted by Gasteiger charge is 2.19. The van der Waals surface area contributed by atoms with E-state index < -0.39 is 20.9 Å². The van der Waals surface area contributed by atoms with Crippen molar-refractivity contribution in [2.75, 3.05) is 24.6 Å². The Morgan fingerprint density at radius 1 is 1.43 bits per heavy atom. The maximum absolute atomic E-state index is 11.9. The number of amides is 1. The van der Waals surface area contributed by atoms with Crippen LogP contribution in [0.1, 0.15) is 17.3 Å². The first-order chi connectivity index (χ1) is 9.78. The van der Waals surface area contributed by atoms with Crippen LogP contribution in [0.5, 0.6) is 0 Å². The molecule has 10 heteroatoms. The number of rotatable bonds is 7. The number of nitrogens with two attached hydrogens (primary N) is 1. The number of nitro benzene ring substituents is 1. The van der Waals surface area contributed by atoms with Crippen molar-refractivity contribution >= 4 is 27.3 Å². The van der Waals surface area contributed by atoms with Crippen molar-refractivity contribution in [3.8, 4) is 0 Å². The SMILES string of the molecule is CCNS(=O)(=O)CCNC(=O)c1cccc([N+](=O)[O-])c1N. The van der Waals surface area contributed by atoms with Crippen molar-refractivity contribution < 1.29 is 18.1 Å². The largest absolute Gasteiger partial charge is 0.393 e. The molecular formula is C11H16N4O5S. The van der Waals surface area contributed by atoms with Crippen LogP contribution in [0.4, 0.5) is 11.4 Å². The average Bonchev–Trinajstić information content (AvgIpc) is 2.38. The lowest BCUT2D eigenvalue weighted by molar-refractivity contribution is -0.383. The third-order valence-electron chi connectivity index (χ3n) is 2.55. The topological polar surface area (TPSA) is 144 Å². The molecule has 0 aliphatic rings. The molecule has 0 unspecified atom stereocenters. The Labute approximate surface area is 121 Å². The normalized spacial score (nSPS) is 11.1. The van der Waals surface area contributed by atoms with E-state index in [0.717, 1.165) is 0 Å². The second kappa shape index (κ2) is 6.99. The summed E-state index contributed by atoms with van der Waals surface area (Å²) in [7, 11) is -3.45. The summed E-state index contributed by atoms with van der Waals surface area (Å²) in [4.78, 5) is 21.9. The quantitative estimate of drug-likeness (QED) is 0.362. The van der Waals surface area contributed by atoms with Crippen LogP contribution in [0.25, 0.3) is 0 Å². The Bertz CT molecular complexity index is 644. The fraction of sp³-hybridized carbons (Fsp3) is 0.364. The molecule has 0 bridgehead atoms. The molecule has 0 fully saturated rings. The Hall–Kier alpha value is -2.20. The molecule has 0 aliphatic heterocycles. The lowest BCUT2D eigenvalue weighted by Crippen LogP contribution is -2.34. The number of nitrogen functional groups attached to an aromatic ring is 1. The van der Waals surface area contributed by atoms with Crippen molar-refractivity contribution in [1.29, 1.82) is 0 Å². The van der Waals surface area contributed by atoms with Gasteiger partial charge in [-0.3, -0.25) is 14.9 Å². The number of nitrogens with one attached hydrogen (secondary N) is 2. The fourth-order valence-corrected chi connectivity index (χ4v) is 2.55. The highest BCUT2D eigenvalue weighted by atomic mass is 32.2. The van der Waals surface area contributed by atoms with E-state index in [9.17, 15) is 23.3 Å². The van der Waals surface area contributed by atoms with Gasteiger partial charge in [0, 0.05) is 19.2 Å². The minimum atomic E-state index is -3.45. The molecule has 0 radical (unpaired) electrons. The number of nitro groups is 1. The number of sulfonamides is 1. The third-order valence-corrected chi connectivity index (χ3v) is 4.02. The minimum absolute atomic E-state index is 0.0648. The molecule has 1 amide bonds. The predicted molar refractivity (Wildman–Crippen MR) is 77.3 cm³/mol. The first-order valence-electron chi connectivity index (χ1n) is 6.07. The van der Waals surface area contributed by atoms with Crippen LogP contribution < -0.4 is 15.8 Å². The molecule has 4 N–H and O–H groups in total. The van der Waals surface area contributed by atoms with E-state index in [2.05, 4.69) is 10.0 Å². The number of nitrogens with zero attached hydrogens (tertiary/aromatic N) is 1. The van der Waals surface area contributed by atoms with Crippen LogP contribution >= 0.6 is 0 Å². The van der Waals surface area contributed by atoms with Gasteiger partial charge in [0.05, 0.1) is 16.2 Å². The fourth-order valence-electron chi connectivity index (χ4n) is 1.60. The molecule has 0 aliphatic carbocycles. The highest BCUT2D eigenvalue weighted by molar-refractivity contribution is 7.89. The maximum Gasteiger partial charge on any atom is 0.292 e. The molecule has 9 nitrogen and oxygen atoms in total. The van der Waals surface area contributed by atoms with E-state index in [1.54, 1.807) is 6.92 Å². The Balaban J connectivity index is 2.73. The van der Waals surface area contributed by atoms with Gasteiger partial charge in [0.1, 0.15) is 5.69 Å². The molecule has 0 saturated carbocycles. The molecule has 21 heavy (non-hydrogen) atoms. The van der Waals surface area contributed by atoms with Crippen molar-refractivity contribution in [3.05, 3.63) is 33.9 Å². The van der Waals surface area contributed by atoms with Crippen molar-refractivity contribution in [3.63, 3.8) is 0 Å². The second-order valence-corrected chi connectivity index (χ2v) is 5.99. The molecular weight excluding hydrogens is 300 g/mol. The first-order valence-corrected chi connectivity index (χ1v) is 7.72. The number of carbonyl (C=O) groups excluding carboxylic acids is 1. The van der Waals surface area contributed by atoms with E-state index in [4.69, 9.17) is 5.73 Å². The molecule has 0 atom stereocenters. The molecule has 0 aromatic heterocycles. The molecule has 1 aromatic carbocycles. The number of para-hydroxylation sites is 1. The van der Waals surface area contributed by atoms with Gasteiger partial charge in [0.15, 0.2) is 0 Å². The van der Waals surface area contributed by atoms with Gasteiger partial charge in [0.25, 0.3) is 11.6 Å². The smallest absolute Gasteiger partial charge is 0.292 e. The molecule has 0 saturated heterocycles. The Kier molecular flexibility index (Phi) is 5.61. The van der Waals surface area contributed by atoms with Gasteiger partial charge in [-0.05, 0) is 6.07 Å². The van der Waals surface area contributed by atoms with Crippen molar-refractivity contribution in [1.82, 2.24) is 10.0 Å². The van der Waals surface area contributed by atoms with Crippen LogP contribution in [0.15, 0.2) is 18.2 Å². The summed E-state index contributed by atoms with van der Waals surface area (Å²) >= 11 is 0. The zero-order chi connectivity index (χ0) is 16.0. The monoisotopic (exact) mass is 316 g/mol. The van der Waals surface area contributed by atoms with Crippen LogP contribution in [-0.2, 0) is 10.0 Å². The van der Waals surface area contributed by atoms with E-state index in [0.29, 0.717) is 0 Å². The van der Waals surface area contributed by atoms with Crippen molar-refractivity contribution in [2.45, 2.75) is 6.92 Å². The number of benzene rings is 1. The number of carbonyl (C=O) groups is 1. The van der Waals surface area contributed by atoms with Gasteiger partial charge in [-0.1, -0.05) is 13.0 Å². The van der Waals surface area contributed by atoms with Crippen LogP contribution in [0, 0.1) is 10.1 Å². The number of anilines is 1. The van der Waals surface area contributed by atoms with Crippen LogP contribution in [0.2, 0.25) is 0 Å². The molecule has 0 spiro atoms. The minimum Gasteiger partial charge on any atom is -0.393 e. The zero-order valence-corrected chi connectivity index (χ0v) is 12.1. The maximum atomic E-state index is 11.9. The third kappa shape index (κ3) is 4.68. The van der Waals surface area contributed by atoms with Crippen LogP contribution in [-0.4, -0.2) is 38.1 Å². The van der Waals surface area contributed by atoms with Gasteiger partial charge in [-0.2, -0.15) is 0 Å². The highest BCUT2D eigenvalue weighted by Crippen LogP contribution is 2.24. The van der Waals surface area contributed by atoms with Gasteiger partial charge in [-0.25, -0.2) is 13.1 Å². The second-order valence-electron chi connectivity index (χ2n) is 4.07. The number of hydrogen-bond acceptors (Lipinski definition) is 6. The van der Waals surface area contributed by atoms with Gasteiger partial charge in [0.2, 0.25) is 10.0 Å². The number of hydrogen-bond donors (Lipinski definition) is 3. The van der Waals surface area contributed by atoms with Crippen LogP contribution in [0.3, 0.4) is 0 Å². The lowest BCUT2D eigenvalue weighted by Gasteiger charge is -2.08. The van der Waals surface area contributed by atoms with E-state index in [-0.39, 0.29) is 35.8 Å². The summed E-state index contributed by atoms with van der Waals surface area (Å²) in [6.45, 7) is 1.77. The Morgan fingerprint density at radius 3 is 2.67 bits per heavy atom. The molecule has 0 heterocycles. The van der Waals surface area contributed by atoms with Gasteiger partial charge < -0.3 is 11.1 Å². The molecule has 1 rings (SSSR count). The molecule has 1 aromatic rings. The van der Waals surface area contributed by atoms with E-state index in [1.165, 1.54) is 18.2 Å². The first kappa shape index (κ1) is 16.9. The zero-order valence-electron chi connectivity index (χ0n) is 11.3. The standard InChI is InChI=1S/C11H16N4O5S/c1-2-14-21(19,20)7-6-13-11(16)8-4-3-5-9(10(8)12)15(17)18/h3-5,14H,2,6-7,12H2,1H3,(H,13,16). The predicted octanol–water partition coefficient (Wildman–Crippen LogP) is -0.154. The average molecular weight is 316 g/mol. The summed E-state index contributed by atoms with van der Waals surface area (Å²) in [5, 5.41) is 13.1. The summed E-state index contributed by atoms with van der Waals surface area (Å²) < 4.78 is 25.0. The summed E-state index contributed by atoms with van der Waals surface area (Å²) in [5.74, 6) is -0.954. The summed E-state index contributed by atoms with van der Waals surface area (Å²) in [5.41, 5.74) is 4.87. The molecule has 116 valence electrons. The summed E-state index contributed by atoms with van der Waals surface area (Å²) in [6.07, 6.45) is 0. The van der Waals surface area contributed by atoms with E-state index in [1.807, 2.05) is 0 Å². The van der Waals surface area contributed by atoms with Gasteiger partial charge in [-0.15, -0.1) is 0 Å². The Morgan fingerprint density at radius 2 is 2.10 bits per heavy atom. The lowest BCUT2D eigenvalue weighted by atomic mass is 10.1.